The fourth-order valence-corrected chi connectivity index (χ4v) is 8.54. The molecule has 1 heterocycles. The smallest absolute Gasteiger partial charge is 0.0726 e. The van der Waals surface area contributed by atoms with E-state index in [1.54, 1.807) is 0 Å². The molecule has 0 saturated carbocycles. The van der Waals surface area contributed by atoms with Crippen LogP contribution in [0.3, 0.4) is 0 Å². The van der Waals surface area contributed by atoms with E-state index in [1.807, 2.05) is 6.07 Å². The molecule has 1 spiro atoms. The van der Waals surface area contributed by atoms with Gasteiger partial charge in [-0.1, -0.05) is 133 Å². The molecule has 0 amide bonds. The van der Waals surface area contributed by atoms with Gasteiger partial charge in [-0.15, -0.1) is 0 Å². The van der Waals surface area contributed by atoms with Gasteiger partial charge in [0.2, 0.25) is 0 Å². The van der Waals surface area contributed by atoms with Gasteiger partial charge in [0.1, 0.15) is 0 Å². The monoisotopic (exact) mass is 591 g/mol. The lowest BCUT2D eigenvalue weighted by atomic mass is 9.70. The highest BCUT2D eigenvalue weighted by atomic mass is 35.5. The second kappa shape index (κ2) is 9.08. The predicted octanol–water partition coefficient (Wildman–Crippen LogP) is 11.4. The summed E-state index contributed by atoms with van der Waals surface area (Å²) in [7, 11) is 0. The van der Waals surface area contributed by atoms with E-state index in [2.05, 4.69) is 156 Å². The molecule has 0 unspecified atom stereocenters. The first kappa shape index (κ1) is 25.0. The molecule has 8 aromatic rings. The number of halogens is 1. The minimum atomic E-state index is -0.446. The standard InChI is InChI=1S/C43H26ClN/c44-29-22-23-33-38(26-29)43(35-16-7-4-13-30(35)31-14-5-8-17-36(31)43)37-18-10-20-41(42(33)37)45-39-19-9-6-15-32(39)34-25-28(21-24-40(34)45)27-11-2-1-3-12-27/h1-26H. The van der Waals surface area contributed by atoms with Crippen LogP contribution in [0.1, 0.15) is 22.3 Å². The Kier molecular flexibility index (Phi) is 5.04. The van der Waals surface area contributed by atoms with Crippen molar-refractivity contribution >= 4 is 33.4 Å². The molecule has 0 atom stereocenters. The second-order valence-electron chi connectivity index (χ2n) is 12.2. The van der Waals surface area contributed by atoms with Crippen molar-refractivity contribution in [3.05, 3.63) is 185 Å². The van der Waals surface area contributed by atoms with Gasteiger partial charge in [0.15, 0.2) is 0 Å². The highest BCUT2D eigenvalue weighted by molar-refractivity contribution is 6.31. The summed E-state index contributed by atoms with van der Waals surface area (Å²) in [4.78, 5) is 0. The van der Waals surface area contributed by atoms with E-state index >= 15 is 0 Å². The lowest BCUT2D eigenvalue weighted by Gasteiger charge is -2.30. The fraction of sp³-hybridized carbons (Fsp3) is 0.0233. The minimum Gasteiger partial charge on any atom is -0.309 e. The van der Waals surface area contributed by atoms with E-state index in [9.17, 15) is 0 Å². The fourth-order valence-electron chi connectivity index (χ4n) is 8.37. The van der Waals surface area contributed by atoms with E-state index in [0.29, 0.717) is 0 Å². The maximum absolute atomic E-state index is 6.84. The molecule has 2 aliphatic rings. The number of fused-ring (bicyclic) bond motifs is 13. The van der Waals surface area contributed by atoms with Gasteiger partial charge in [-0.05, 0) is 86.5 Å². The maximum Gasteiger partial charge on any atom is 0.0726 e. The molecule has 7 aromatic carbocycles. The number of aromatic nitrogens is 1. The van der Waals surface area contributed by atoms with Crippen LogP contribution < -0.4 is 0 Å². The van der Waals surface area contributed by atoms with Crippen molar-refractivity contribution in [1.29, 1.82) is 0 Å². The lowest BCUT2D eigenvalue weighted by Crippen LogP contribution is -2.25. The Balaban J connectivity index is 1.33. The first-order valence-corrected chi connectivity index (χ1v) is 15.9. The molecule has 1 nitrogen and oxygen atoms in total. The second-order valence-corrected chi connectivity index (χ2v) is 12.6. The van der Waals surface area contributed by atoms with E-state index in [1.165, 1.54) is 83.1 Å². The number of hydrogen-bond donors (Lipinski definition) is 0. The lowest BCUT2D eigenvalue weighted by molar-refractivity contribution is 0.793. The Labute approximate surface area is 266 Å². The van der Waals surface area contributed by atoms with Crippen LogP contribution in [0.2, 0.25) is 5.02 Å². The molecular formula is C43H26ClN. The molecule has 210 valence electrons. The minimum absolute atomic E-state index is 0.446. The van der Waals surface area contributed by atoms with Crippen molar-refractivity contribution in [2.45, 2.75) is 5.41 Å². The summed E-state index contributed by atoms with van der Waals surface area (Å²) in [6, 6.07) is 57.6. The van der Waals surface area contributed by atoms with Crippen molar-refractivity contribution in [2.24, 2.45) is 0 Å². The quantitative estimate of drug-likeness (QED) is 0.188. The first-order chi connectivity index (χ1) is 22.2. The summed E-state index contributed by atoms with van der Waals surface area (Å²) in [5.41, 5.74) is 15.9. The van der Waals surface area contributed by atoms with Gasteiger partial charge in [0.25, 0.3) is 0 Å². The molecule has 0 bridgehead atoms. The predicted molar refractivity (Wildman–Crippen MR) is 188 cm³/mol. The van der Waals surface area contributed by atoms with Crippen LogP contribution in [0.4, 0.5) is 0 Å². The average molecular weight is 592 g/mol. The third-order valence-corrected chi connectivity index (χ3v) is 10.3. The Bertz CT molecular complexity index is 2460. The first-order valence-electron chi connectivity index (χ1n) is 15.5. The molecule has 45 heavy (non-hydrogen) atoms. The largest absolute Gasteiger partial charge is 0.309 e. The molecule has 0 saturated heterocycles. The van der Waals surface area contributed by atoms with Gasteiger partial charge in [0.05, 0.1) is 22.1 Å². The van der Waals surface area contributed by atoms with Gasteiger partial charge < -0.3 is 4.57 Å². The number of para-hydroxylation sites is 1. The van der Waals surface area contributed by atoms with Crippen LogP contribution in [0.25, 0.3) is 60.9 Å². The number of benzene rings is 7. The Hall–Kier alpha value is -5.37. The summed E-state index contributed by atoms with van der Waals surface area (Å²) < 4.78 is 2.47. The third-order valence-electron chi connectivity index (χ3n) is 10.1. The Morgan fingerprint density at radius 1 is 0.422 bits per heavy atom. The van der Waals surface area contributed by atoms with Crippen LogP contribution in [0.15, 0.2) is 158 Å². The molecule has 1 aromatic heterocycles. The van der Waals surface area contributed by atoms with Gasteiger partial charge in [-0.25, -0.2) is 0 Å². The van der Waals surface area contributed by atoms with Crippen molar-refractivity contribution in [3.63, 3.8) is 0 Å². The molecule has 10 rings (SSSR count). The van der Waals surface area contributed by atoms with E-state index in [-0.39, 0.29) is 0 Å². The Morgan fingerprint density at radius 2 is 1.09 bits per heavy atom. The van der Waals surface area contributed by atoms with E-state index in [4.69, 9.17) is 11.6 Å². The SMILES string of the molecule is Clc1ccc2c(c1)C1(c3ccccc3-c3ccccc31)c1cccc(-n3c4ccccc4c4cc(-c5ccccc5)ccc43)c1-2. The summed E-state index contributed by atoms with van der Waals surface area (Å²) in [5.74, 6) is 0. The zero-order chi connectivity index (χ0) is 29.7. The topological polar surface area (TPSA) is 4.93 Å². The van der Waals surface area contributed by atoms with Crippen LogP contribution in [0.5, 0.6) is 0 Å². The molecule has 0 N–H and O–H groups in total. The highest BCUT2D eigenvalue weighted by Crippen LogP contribution is 2.64. The van der Waals surface area contributed by atoms with Gasteiger partial charge in [-0.3, -0.25) is 0 Å². The van der Waals surface area contributed by atoms with Crippen LogP contribution in [-0.2, 0) is 5.41 Å². The molecular weight excluding hydrogens is 566 g/mol. The van der Waals surface area contributed by atoms with Crippen LogP contribution in [0, 0.1) is 0 Å². The normalized spacial score (nSPS) is 13.6. The summed E-state index contributed by atoms with van der Waals surface area (Å²) in [6.07, 6.45) is 0. The maximum atomic E-state index is 6.84. The molecule has 2 aliphatic carbocycles. The molecule has 2 heteroatoms. The zero-order valence-corrected chi connectivity index (χ0v) is 25.1. The van der Waals surface area contributed by atoms with Gasteiger partial charge >= 0.3 is 0 Å². The molecule has 0 aliphatic heterocycles. The van der Waals surface area contributed by atoms with Crippen molar-refractivity contribution < 1.29 is 0 Å². The third kappa shape index (κ3) is 3.18. The van der Waals surface area contributed by atoms with Crippen molar-refractivity contribution in [3.8, 4) is 39.1 Å². The van der Waals surface area contributed by atoms with Gasteiger partial charge in [0, 0.05) is 21.4 Å². The average Bonchev–Trinajstić information content (AvgIpc) is 3.70. The molecule has 0 fully saturated rings. The highest BCUT2D eigenvalue weighted by Gasteiger charge is 2.52. The van der Waals surface area contributed by atoms with Crippen molar-refractivity contribution in [1.82, 2.24) is 4.57 Å². The number of hydrogen-bond acceptors (Lipinski definition) is 0. The molecule has 0 radical (unpaired) electrons. The van der Waals surface area contributed by atoms with Gasteiger partial charge in [-0.2, -0.15) is 0 Å². The number of nitrogens with zero attached hydrogens (tertiary/aromatic N) is 1. The summed E-state index contributed by atoms with van der Waals surface area (Å²) in [5, 5.41) is 3.27. The summed E-state index contributed by atoms with van der Waals surface area (Å²) in [6.45, 7) is 0. The van der Waals surface area contributed by atoms with E-state index < -0.39 is 5.41 Å². The van der Waals surface area contributed by atoms with Crippen LogP contribution >= 0.6 is 11.6 Å². The van der Waals surface area contributed by atoms with E-state index in [0.717, 1.165) is 5.02 Å². The zero-order valence-electron chi connectivity index (χ0n) is 24.3. The Morgan fingerprint density at radius 3 is 1.89 bits per heavy atom. The summed E-state index contributed by atoms with van der Waals surface area (Å²) >= 11 is 6.84. The van der Waals surface area contributed by atoms with Crippen molar-refractivity contribution in [2.75, 3.05) is 0 Å². The number of rotatable bonds is 2. The van der Waals surface area contributed by atoms with Crippen LogP contribution in [-0.4, -0.2) is 4.57 Å².